The molecular weight excluding hydrogens is 687 g/mol. The molecule has 258 valence electrons. The van der Waals surface area contributed by atoms with E-state index < -0.39 is 16.0 Å². The van der Waals surface area contributed by atoms with Gasteiger partial charge in [0.1, 0.15) is 0 Å². The summed E-state index contributed by atoms with van der Waals surface area (Å²) in [5.74, 6) is 0.802. The van der Waals surface area contributed by atoms with Crippen molar-refractivity contribution in [3.8, 4) is 22.6 Å². The van der Waals surface area contributed by atoms with Crippen LogP contribution in [0.5, 0.6) is 11.5 Å². The van der Waals surface area contributed by atoms with Gasteiger partial charge in [0, 0.05) is 38.2 Å². The first-order valence-corrected chi connectivity index (χ1v) is 17.3. The lowest BCUT2D eigenvalue weighted by atomic mass is 9.96. The van der Waals surface area contributed by atoms with Crippen molar-refractivity contribution in [3.63, 3.8) is 0 Å². The van der Waals surface area contributed by atoms with E-state index in [0.717, 1.165) is 70.9 Å². The van der Waals surface area contributed by atoms with Crippen LogP contribution in [-0.2, 0) is 40.4 Å². The van der Waals surface area contributed by atoms with Gasteiger partial charge in [-0.15, -0.1) is 0 Å². The van der Waals surface area contributed by atoms with Crippen molar-refractivity contribution in [3.05, 3.63) is 118 Å². The number of fused-ring (bicyclic) bond motifs is 1. The third-order valence-electron chi connectivity index (χ3n) is 9.00. The Labute approximate surface area is 301 Å². The molecule has 0 aliphatic carbocycles. The number of alkyl halides is 3. The number of methoxy groups -OCH3 is 2. The molecule has 8 nitrogen and oxygen atoms in total. The standard InChI is InChI=1S/C38H39Cl3N2O6/c1-46-34-17-29-13-14-43(21-31(29)18-35(34)47-2)22-32-19-33(26-11-9-24(23-44)10-12-26)49-36(48-32)30-8-4-7-28(16-30)27-6-3-5-25(15-27)20-42-37(45)38(39,40)41/h3-12,15-18,32-33,36,44H,13-14,19-23H2,1-2H3,(H,42,45)/t32-,33+,36+/m0/s1. The summed E-state index contributed by atoms with van der Waals surface area (Å²) in [5.41, 5.74) is 8.09. The zero-order valence-corrected chi connectivity index (χ0v) is 29.6. The molecule has 3 atom stereocenters. The zero-order valence-electron chi connectivity index (χ0n) is 27.3. The second kappa shape index (κ2) is 15.7. The van der Waals surface area contributed by atoms with E-state index in [-0.39, 0.29) is 25.4 Å². The molecule has 2 aliphatic heterocycles. The van der Waals surface area contributed by atoms with Crippen LogP contribution in [0.2, 0.25) is 0 Å². The number of hydrogen-bond acceptors (Lipinski definition) is 7. The maximum absolute atomic E-state index is 12.1. The van der Waals surface area contributed by atoms with E-state index in [0.29, 0.717) is 6.42 Å². The van der Waals surface area contributed by atoms with Crippen LogP contribution in [-0.4, -0.2) is 53.1 Å². The lowest BCUT2D eigenvalue weighted by molar-refractivity contribution is -0.253. The summed E-state index contributed by atoms with van der Waals surface area (Å²) in [7, 11) is 3.32. The summed E-state index contributed by atoms with van der Waals surface area (Å²) >= 11 is 17.1. The Kier molecular flexibility index (Phi) is 11.4. The molecule has 4 aromatic carbocycles. The molecule has 1 fully saturated rings. The Morgan fingerprint density at radius 3 is 2.27 bits per heavy atom. The van der Waals surface area contributed by atoms with Gasteiger partial charge in [-0.05, 0) is 69.6 Å². The summed E-state index contributed by atoms with van der Waals surface area (Å²) in [6.45, 7) is 2.62. The fourth-order valence-electron chi connectivity index (χ4n) is 6.43. The van der Waals surface area contributed by atoms with Crippen molar-refractivity contribution < 1.29 is 28.8 Å². The highest BCUT2D eigenvalue weighted by Gasteiger charge is 2.34. The van der Waals surface area contributed by atoms with Gasteiger partial charge in [-0.2, -0.15) is 0 Å². The molecule has 0 saturated carbocycles. The number of nitrogens with one attached hydrogen (secondary N) is 1. The maximum Gasteiger partial charge on any atom is 0.272 e. The van der Waals surface area contributed by atoms with Crippen LogP contribution in [0.3, 0.4) is 0 Å². The van der Waals surface area contributed by atoms with Gasteiger partial charge in [0.2, 0.25) is 0 Å². The number of carbonyl (C=O) groups excluding carboxylic acids is 1. The second-order valence-electron chi connectivity index (χ2n) is 12.3. The Bertz CT molecular complexity index is 1760. The summed E-state index contributed by atoms with van der Waals surface area (Å²) < 4.78 is 22.5. The smallest absolute Gasteiger partial charge is 0.272 e. The van der Waals surface area contributed by atoms with Gasteiger partial charge >= 0.3 is 0 Å². The molecule has 1 amide bonds. The van der Waals surface area contributed by atoms with Gasteiger partial charge < -0.3 is 29.4 Å². The van der Waals surface area contributed by atoms with Crippen LogP contribution in [0.25, 0.3) is 11.1 Å². The minimum absolute atomic E-state index is 0.0134. The molecule has 0 bridgehead atoms. The van der Waals surface area contributed by atoms with Gasteiger partial charge in [-0.3, -0.25) is 9.69 Å². The van der Waals surface area contributed by atoms with E-state index in [2.05, 4.69) is 28.4 Å². The predicted molar refractivity (Wildman–Crippen MR) is 191 cm³/mol. The van der Waals surface area contributed by atoms with Crippen molar-refractivity contribution in [1.82, 2.24) is 10.2 Å². The minimum atomic E-state index is -2.03. The molecule has 2 heterocycles. The maximum atomic E-state index is 12.1. The number of ether oxygens (including phenoxy) is 4. The highest BCUT2D eigenvalue weighted by molar-refractivity contribution is 6.76. The summed E-state index contributed by atoms with van der Waals surface area (Å²) in [4.78, 5) is 14.5. The molecule has 0 spiro atoms. The van der Waals surface area contributed by atoms with Crippen molar-refractivity contribution >= 4 is 40.7 Å². The number of amides is 1. The minimum Gasteiger partial charge on any atom is -0.493 e. The van der Waals surface area contributed by atoms with E-state index in [1.54, 1.807) is 14.2 Å². The van der Waals surface area contributed by atoms with E-state index in [9.17, 15) is 9.90 Å². The molecule has 49 heavy (non-hydrogen) atoms. The predicted octanol–water partition coefficient (Wildman–Crippen LogP) is 7.45. The average Bonchev–Trinajstić information content (AvgIpc) is 3.12. The number of carbonyl (C=O) groups is 1. The third-order valence-corrected chi connectivity index (χ3v) is 9.52. The quantitative estimate of drug-likeness (QED) is 0.164. The SMILES string of the molecule is COc1cc2c(cc1OC)CN(C[C@@H]1C[C@H](c3ccc(CO)cc3)O[C@H](c3cccc(-c4cccc(CNC(=O)C(Cl)(Cl)Cl)c4)c3)O1)CC2. The van der Waals surface area contributed by atoms with Gasteiger partial charge in [-0.25, -0.2) is 0 Å². The van der Waals surface area contributed by atoms with Crippen LogP contribution in [0.4, 0.5) is 0 Å². The summed E-state index contributed by atoms with van der Waals surface area (Å²) in [5, 5.41) is 12.3. The Balaban J connectivity index is 1.22. The van der Waals surface area contributed by atoms with Crippen LogP contribution in [0.1, 0.15) is 52.2 Å². The van der Waals surface area contributed by atoms with Crippen molar-refractivity contribution in [1.29, 1.82) is 0 Å². The van der Waals surface area contributed by atoms with Gasteiger partial charge in [-0.1, -0.05) is 95.5 Å². The van der Waals surface area contributed by atoms with Crippen molar-refractivity contribution in [2.24, 2.45) is 0 Å². The number of aliphatic hydroxyl groups is 1. The van der Waals surface area contributed by atoms with Crippen LogP contribution in [0, 0.1) is 0 Å². The number of rotatable bonds is 10. The monoisotopic (exact) mass is 724 g/mol. The molecule has 2 N–H and O–H groups in total. The van der Waals surface area contributed by atoms with E-state index in [1.807, 2.05) is 66.7 Å². The first-order valence-electron chi connectivity index (χ1n) is 16.1. The fourth-order valence-corrected chi connectivity index (χ4v) is 6.63. The highest BCUT2D eigenvalue weighted by atomic mass is 35.6. The molecule has 0 radical (unpaired) electrons. The van der Waals surface area contributed by atoms with Crippen molar-refractivity contribution in [2.75, 3.05) is 27.3 Å². The third kappa shape index (κ3) is 8.70. The van der Waals surface area contributed by atoms with Crippen molar-refractivity contribution in [2.45, 2.75) is 54.8 Å². The Hall–Kier alpha value is -3.34. The van der Waals surface area contributed by atoms with E-state index in [4.69, 9.17) is 53.8 Å². The average molecular weight is 726 g/mol. The fraction of sp³-hybridized carbons (Fsp3) is 0.342. The first kappa shape index (κ1) is 35.5. The van der Waals surface area contributed by atoms with Crippen LogP contribution < -0.4 is 14.8 Å². The van der Waals surface area contributed by atoms with Crippen LogP contribution in [0.15, 0.2) is 84.9 Å². The molecule has 1 saturated heterocycles. The second-order valence-corrected chi connectivity index (χ2v) is 14.6. The first-order chi connectivity index (χ1) is 23.6. The molecule has 0 aromatic heterocycles. The van der Waals surface area contributed by atoms with E-state index >= 15 is 0 Å². The number of halogens is 3. The topological polar surface area (TPSA) is 89.5 Å². The largest absolute Gasteiger partial charge is 0.493 e. The molecule has 0 unspecified atom stereocenters. The Morgan fingerprint density at radius 2 is 1.57 bits per heavy atom. The number of aliphatic hydroxyl groups excluding tert-OH is 1. The van der Waals surface area contributed by atoms with Crippen LogP contribution >= 0.6 is 34.8 Å². The number of nitrogens with zero attached hydrogens (tertiary/aromatic N) is 1. The summed E-state index contributed by atoms with van der Waals surface area (Å²) in [6, 6.07) is 28.0. The molecule has 4 aromatic rings. The lowest BCUT2D eigenvalue weighted by Crippen LogP contribution is -2.41. The number of hydrogen-bond donors (Lipinski definition) is 2. The zero-order chi connectivity index (χ0) is 34.5. The Morgan fingerprint density at radius 1 is 0.878 bits per heavy atom. The molecule has 2 aliphatic rings. The lowest BCUT2D eigenvalue weighted by Gasteiger charge is -2.39. The molecule has 6 rings (SSSR count). The normalized spacial score (nSPS) is 19.6. The van der Waals surface area contributed by atoms with Gasteiger partial charge in [0.25, 0.3) is 9.70 Å². The van der Waals surface area contributed by atoms with Gasteiger partial charge in [0.15, 0.2) is 17.8 Å². The molecular formula is C38H39Cl3N2O6. The van der Waals surface area contributed by atoms with E-state index in [1.165, 1.54) is 11.1 Å². The van der Waals surface area contributed by atoms with Gasteiger partial charge in [0.05, 0.1) is 33.0 Å². The molecule has 11 heteroatoms. The summed E-state index contributed by atoms with van der Waals surface area (Å²) in [6.07, 6.45) is 0.688. The number of benzene rings is 4. The highest BCUT2D eigenvalue weighted by Crippen LogP contribution is 2.40.